The fourth-order valence-corrected chi connectivity index (χ4v) is 1.48. The first-order chi connectivity index (χ1) is 8.09. The molecule has 2 rings (SSSR count). The highest BCUT2D eigenvalue weighted by Gasteiger charge is 2.12. The number of benzene rings is 1. The first-order valence-corrected chi connectivity index (χ1v) is 5.09. The van der Waals surface area contributed by atoms with Crippen LogP contribution in [-0.2, 0) is 6.54 Å². The zero-order chi connectivity index (χ0) is 12.4. The standard InChI is InChI=1S/C11H12N4O2/c1-8-13-14(11(17)15(8)12)7-10(16)9-5-3-2-4-6-9/h2-6H,7,12H2,1H3. The van der Waals surface area contributed by atoms with Crippen molar-refractivity contribution < 1.29 is 4.79 Å². The van der Waals surface area contributed by atoms with Gasteiger partial charge in [-0.1, -0.05) is 30.3 Å². The Kier molecular flexibility index (Phi) is 2.78. The number of carbonyl (C=O) groups is 1. The van der Waals surface area contributed by atoms with Crippen LogP contribution in [0.4, 0.5) is 0 Å². The highest BCUT2D eigenvalue weighted by Crippen LogP contribution is 2.00. The van der Waals surface area contributed by atoms with Crippen molar-refractivity contribution in [2.45, 2.75) is 13.5 Å². The van der Waals surface area contributed by atoms with E-state index < -0.39 is 5.69 Å². The second-order valence-electron chi connectivity index (χ2n) is 3.65. The first-order valence-electron chi connectivity index (χ1n) is 5.09. The third kappa shape index (κ3) is 2.10. The molecule has 0 aliphatic rings. The Morgan fingerprint density at radius 3 is 2.53 bits per heavy atom. The smallest absolute Gasteiger partial charge is 0.333 e. The summed E-state index contributed by atoms with van der Waals surface area (Å²) in [4.78, 5) is 23.4. The van der Waals surface area contributed by atoms with E-state index in [4.69, 9.17) is 5.84 Å². The predicted octanol–water partition coefficient (Wildman–Crippen LogP) is -0.0501. The number of nitrogens with zero attached hydrogens (tertiary/aromatic N) is 3. The molecule has 0 aliphatic heterocycles. The summed E-state index contributed by atoms with van der Waals surface area (Å²) in [6.45, 7) is 1.50. The quantitative estimate of drug-likeness (QED) is 0.594. The van der Waals surface area contributed by atoms with E-state index in [1.807, 2.05) is 6.07 Å². The Labute approximate surface area is 97.3 Å². The Morgan fingerprint density at radius 2 is 2.00 bits per heavy atom. The Bertz CT molecular complexity index is 598. The van der Waals surface area contributed by atoms with Gasteiger partial charge < -0.3 is 5.84 Å². The highest BCUT2D eigenvalue weighted by molar-refractivity contribution is 5.95. The SMILES string of the molecule is Cc1nn(CC(=O)c2ccccc2)c(=O)n1N. The lowest BCUT2D eigenvalue weighted by Crippen LogP contribution is -2.31. The molecule has 0 saturated heterocycles. The Balaban J connectivity index is 2.25. The van der Waals surface area contributed by atoms with Crippen LogP contribution in [-0.4, -0.2) is 20.2 Å². The summed E-state index contributed by atoms with van der Waals surface area (Å²) in [6, 6.07) is 8.74. The lowest BCUT2D eigenvalue weighted by atomic mass is 10.1. The van der Waals surface area contributed by atoms with Crippen molar-refractivity contribution >= 4 is 5.78 Å². The van der Waals surface area contributed by atoms with Crippen LogP contribution in [0.2, 0.25) is 0 Å². The van der Waals surface area contributed by atoms with E-state index in [1.165, 1.54) is 0 Å². The summed E-state index contributed by atoms with van der Waals surface area (Å²) >= 11 is 0. The summed E-state index contributed by atoms with van der Waals surface area (Å²) in [5, 5.41) is 3.90. The molecule has 2 N–H and O–H groups in total. The van der Waals surface area contributed by atoms with Crippen molar-refractivity contribution in [3.8, 4) is 0 Å². The Hall–Kier alpha value is -2.37. The zero-order valence-corrected chi connectivity index (χ0v) is 9.33. The monoisotopic (exact) mass is 232 g/mol. The first kappa shape index (κ1) is 11.1. The van der Waals surface area contributed by atoms with Gasteiger partial charge in [0.1, 0.15) is 12.4 Å². The van der Waals surface area contributed by atoms with E-state index in [-0.39, 0.29) is 12.3 Å². The number of Topliss-reactive ketones (excluding diaryl/α,β-unsaturated/α-hetero) is 1. The maximum absolute atomic E-state index is 11.8. The van der Waals surface area contributed by atoms with E-state index in [2.05, 4.69) is 5.10 Å². The number of nitrogen functional groups attached to an aromatic ring is 1. The maximum Gasteiger partial charge on any atom is 0.365 e. The molecule has 0 atom stereocenters. The van der Waals surface area contributed by atoms with Crippen LogP contribution >= 0.6 is 0 Å². The molecule has 17 heavy (non-hydrogen) atoms. The number of ketones is 1. The minimum absolute atomic E-state index is 0.103. The average molecular weight is 232 g/mol. The molecule has 1 heterocycles. The van der Waals surface area contributed by atoms with Crippen molar-refractivity contribution in [3.05, 3.63) is 52.2 Å². The van der Waals surface area contributed by atoms with Crippen LogP contribution in [0.1, 0.15) is 16.2 Å². The molecule has 0 amide bonds. The lowest BCUT2D eigenvalue weighted by Gasteiger charge is -1.99. The van der Waals surface area contributed by atoms with Gasteiger partial charge in [-0.15, -0.1) is 0 Å². The van der Waals surface area contributed by atoms with Gasteiger partial charge in [0.15, 0.2) is 5.78 Å². The fraction of sp³-hybridized carbons (Fsp3) is 0.182. The van der Waals surface area contributed by atoms with Gasteiger partial charge in [0.2, 0.25) is 0 Å². The number of aryl methyl sites for hydroxylation is 1. The van der Waals surface area contributed by atoms with Crippen LogP contribution in [0.25, 0.3) is 0 Å². The van der Waals surface area contributed by atoms with E-state index in [1.54, 1.807) is 31.2 Å². The number of aromatic nitrogens is 3. The molecule has 0 spiro atoms. The third-order valence-electron chi connectivity index (χ3n) is 2.43. The lowest BCUT2D eigenvalue weighted by molar-refractivity contribution is 0.0966. The molecular formula is C11H12N4O2. The van der Waals surface area contributed by atoms with Gasteiger partial charge in [0.25, 0.3) is 0 Å². The van der Waals surface area contributed by atoms with Gasteiger partial charge in [-0.3, -0.25) is 4.79 Å². The van der Waals surface area contributed by atoms with E-state index >= 15 is 0 Å². The van der Waals surface area contributed by atoms with Crippen molar-refractivity contribution in [2.75, 3.05) is 5.84 Å². The second kappa shape index (κ2) is 4.25. The summed E-state index contributed by atoms with van der Waals surface area (Å²) in [6.07, 6.45) is 0. The van der Waals surface area contributed by atoms with Gasteiger partial charge in [0, 0.05) is 5.56 Å². The van der Waals surface area contributed by atoms with E-state index in [0.717, 1.165) is 9.36 Å². The van der Waals surface area contributed by atoms with E-state index in [9.17, 15) is 9.59 Å². The molecule has 1 aromatic carbocycles. The minimum atomic E-state index is -0.494. The van der Waals surface area contributed by atoms with Crippen LogP contribution in [0.15, 0.2) is 35.1 Å². The molecular weight excluding hydrogens is 220 g/mol. The van der Waals surface area contributed by atoms with Crippen molar-refractivity contribution in [1.82, 2.24) is 14.5 Å². The van der Waals surface area contributed by atoms with Crippen LogP contribution in [0.5, 0.6) is 0 Å². The second-order valence-corrected chi connectivity index (χ2v) is 3.65. The van der Waals surface area contributed by atoms with Gasteiger partial charge in [0.05, 0.1) is 0 Å². The fourth-order valence-electron chi connectivity index (χ4n) is 1.48. The molecule has 6 nitrogen and oxygen atoms in total. The molecule has 0 unspecified atom stereocenters. The minimum Gasteiger partial charge on any atom is -0.333 e. The number of hydrogen-bond acceptors (Lipinski definition) is 4. The number of carbonyl (C=O) groups excluding carboxylic acids is 1. The normalized spacial score (nSPS) is 10.4. The molecule has 1 aromatic heterocycles. The maximum atomic E-state index is 11.8. The third-order valence-corrected chi connectivity index (χ3v) is 2.43. The highest BCUT2D eigenvalue weighted by atomic mass is 16.2. The van der Waals surface area contributed by atoms with Gasteiger partial charge >= 0.3 is 5.69 Å². The predicted molar refractivity (Wildman–Crippen MR) is 62.1 cm³/mol. The molecule has 0 saturated carbocycles. The molecule has 6 heteroatoms. The van der Waals surface area contributed by atoms with E-state index in [0.29, 0.717) is 11.4 Å². The van der Waals surface area contributed by atoms with Crippen LogP contribution in [0, 0.1) is 6.92 Å². The molecule has 2 aromatic rings. The largest absolute Gasteiger partial charge is 0.365 e. The molecule has 0 radical (unpaired) electrons. The molecule has 0 bridgehead atoms. The zero-order valence-electron chi connectivity index (χ0n) is 9.33. The Morgan fingerprint density at radius 1 is 1.35 bits per heavy atom. The van der Waals surface area contributed by atoms with Crippen LogP contribution < -0.4 is 11.5 Å². The summed E-state index contributed by atoms with van der Waals surface area (Å²) in [5.41, 5.74) is 0.0513. The molecule has 0 aliphatic carbocycles. The van der Waals surface area contributed by atoms with Crippen LogP contribution in [0.3, 0.4) is 0 Å². The van der Waals surface area contributed by atoms with Crippen molar-refractivity contribution in [3.63, 3.8) is 0 Å². The summed E-state index contributed by atoms with van der Waals surface area (Å²) in [7, 11) is 0. The topological polar surface area (TPSA) is 82.9 Å². The molecule has 88 valence electrons. The van der Waals surface area contributed by atoms with Gasteiger partial charge in [-0.2, -0.15) is 9.77 Å². The van der Waals surface area contributed by atoms with Crippen molar-refractivity contribution in [1.29, 1.82) is 0 Å². The number of rotatable bonds is 3. The molecule has 0 fully saturated rings. The average Bonchev–Trinajstić information content (AvgIpc) is 2.58. The van der Waals surface area contributed by atoms with Gasteiger partial charge in [-0.05, 0) is 6.92 Å². The summed E-state index contributed by atoms with van der Waals surface area (Å²) < 4.78 is 1.98. The van der Waals surface area contributed by atoms with Crippen molar-refractivity contribution in [2.24, 2.45) is 0 Å². The summed E-state index contributed by atoms with van der Waals surface area (Å²) in [5.74, 6) is 5.62. The number of nitrogens with two attached hydrogens (primary N) is 1. The van der Waals surface area contributed by atoms with Gasteiger partial charge in [-0.25, -0.2) is 9.48 Å². The number of hydrogen-bond donors (Lipinski definition) is 1.